The van der Waals surface area contributed by atoms with E-state index in [9.17, 15) is 4.79 Å². The molecule has 2 atom stereocenters. The van der Waals surface area contributed by atoms with Crippen LogP contribution >= 0.6 is 0 Å². The van der Waals surface area contributed by atoms with Crippen molar-refractivity contribution in [2.24, 2.45) is 0 Å². The van der Waals surface area contributed by atoms with Crippen LogP contribution in [0.3, 0.4) is 0 Å². The van der Waals surface area contributed by atoms with Gasteiger partial charge in [-0.05, 0) is 19.4 Å². The van der Waals surface area contributed by atoms with E-state index < -0.39 is 6.61 Å². The van der Waals surface area contributed by atoms with Gasteiger partial charge in [-0.25, -0.2) is 0 Å². The van der Waals surface area contributed by atoms with Gasteiger partial charge in [0.25, 0.3) is 0 Å². The molecule has 1 aliphatic rings. The summed E-state index contributed by atoms with van der Waals surface area (Å²) in [4.78, 5) is 15.8. The lowest BCUT2D eigenvalue weighted by Crippen LogP contribution is -2.58. The average molecular weight is 273 g/mol. The van der Waals surface area contributed by atoms with Gasteiger partial charge in [0, 0.05) is 31.7 Å². The van der Waals surface area contributed by atoms with Crippen molar-refractivity contribution < 1.29 is 9.90 Å². The highest BCUT2D eigenvalue weighted by molar-refractivity contribution is 6.72. The molecule has 4 nitrogen and oxygen atoms in total. The van der Waals surface area contributed by atoms with Gasteiger partial charge in [0.15, 0.2) is 0 Å². The SMILES string of the molecule is C[C@@H]1CN([B]C(=O)CO)C[C@H](C)N1Cc1ccccc1. The summed E-state index contributed by atoms with van der Waals surface area (Å²) in [6.07, 6.45) is 0. The Morgan fingerprint density at radius 3 is 2.40 bits per heavy atom. The summed E-state index contributed by atoms with van der Waals surface area (Å²) >= 11 is 0. The molecule has 107 valence electrons. The maximum atomic E-state index is 11.3. The molecule has 5 heteroatoms. The predicted molar refractivity (Wildman–Crippen MR) is 80.3 cm³/mol. The van der Waals surface area contributed by atoms with Crippen molar-refractivity contribution in [3.63, 3.8) is 0 Å². The van der Waals surface area contributed by atoms with Crippen LogP contribution in [-0.4, -0.2) is 59.7 Å². The number of hydrogen-bond donors (Lipinski definition) is 1. The molecule has 1 fully saturated rings. The highest BCUT2D eigenvalue weighted by Crippen LogP contribution is 2.18. The van der Waals surface area contributed by atoms with Crippen LogP contribution in [0.1, 0.15) is 19.4 Å². The average Bonchev–Trinajstić information content (AvgIpc) is 2.44. The number of aliphatic hydroxyl groups excluding tert-OH is 1. The molecular formula is C15H22BN2O2. The number of rotatable bonds is 5. The molecular weight excluding hydrogens is 251 g/mol. The first-order valence-corrected chi connectivity index (χ1v) is 7.12. The van der Waals surface area contributed by atoms with Gasteiger partial charge in [-0.3, -0.25) is 4.90 Å². The summed E-state index contributed by atoms with van der Waals surface area (Å²) in [5.41, 5.74) is 1.09. The number of benzene rings is 1. The normalized spacial score (nSPS) is 24.6. The Morgan fingerprint density at radius 1 is 1.25 bits per heavy atom. The standard InChI is InChI=1S/C15H22BN2O2/c1-12-8-17(16-15(20)11-19)9-13(2)18(12)10-14-6-4-3-5-7-14/h3-7,12-13,19H,8-11H2,1-2H3/t12-,13+. The Labute approximate surface area is 121 Å². The second kappa shape index (κ2) is 7.02. The Kier molecular flexibility index (Phi) is 5.34. The summed E-state index contributed by atoms with van der Waals surface area (Å²) < 4.78 is 0. The molecule has 0 unspecified atom stereocenters. The molecule has 1 aromatic carbocycles. The molecule has 1 N–H and O–H groups in total. The van der Waals surface area contributed by atoms with Crippen LogP contribution in [0.5, 0.6) is 0 Å². The van der Waals surface area contributed by atoms with Crippen LogP contribution < -0.4 is 0 Å². The molecule has 1 aliphatic heterocycles. The van der Waals surface area contributed by atoms with Gasteiger partial charge in [-0.2, -0.15) is 0 Å². The van der Waals surface area contributed by atoms with E-state index in [1.54, 1.807) is 7.41 Å². The molecule has 1 aromatic rings. The highest BCUT2D eigenvalue weighted by Gasteiger charge is 2.30. The molecule has 0 bridgehead atoms. The van der Waals surface area contributed by atoms with Gasteiger partial charge in [0.2, 0.25) is 0 Å². The molecule has 2 rings (SSSR count). The van der Waals surface area contributed by atoms with Gasteiger partial charge in [-0.15, -0.1) is 0 Å². The third kappa shape index (κ3) is 3.92. The molecule has 0 aromatic heterocycles. The molecule has 1 saturated heterocycles. The van der Waals surface area contributed by atoms with E-state index in [1.807, 2.05) is 10.9 Å². The van der Waals surface area contributed by atoms with Crippen molar-refractivity contribution in [3.8, 4) is 0 Å². The zero-order valence-corrected chi connectivity index (χ0v) is 12.2. The molecule has 0 aliphatic carbocycles. The van der Waals surface area contributed by atoms with E-state index >= 15 is 0 Å². The number of carbonyl (C=O) groups is 1. The largest absolute Gasteiger partial charge is 0.389 e. The maximum Gasteiger partial charge on any atom is 0.301 e. The monoisotopic (exact) mass is 273 g/mol. The second-order valence-corrected chi connectivity index (χ2v) is 5.56. The van der Waals surface area contributed by atoms with Crippen LogP contribution in [0.25, 0.3) is 0 Å². The van der Waals surface area contributed by atoms with Crippen LogP contribution in [0.15, 0.2) is 30.3 Å². The van der Waals surface area contributed by atoms with E-state index in [0.717, 1.165) is 19.6 Å². The fourth-order valence-electron chi connectivity index (χ4n) is 2.85. The quantitative estimate of drug-likeness (QED) is 0.803. The Bertz CT molecular complexity index is 429. The van der Waals surface area contributed by atoms with Crippen molar-refractivity contribution in [1.29, 1.82) is 0 Å². The maximum absolute atomic E-state index is 11.3. The number of carbonyl (C=O) groups excluding carboxylic acids is 1. The molecule has 20 heavy (non-hydrogen) atoms. The third-order valence-corrected chi connectivity index (χ3v) is 3.82. The van der Waals surface area contributed by atoms with Gasteiger partial charge < -0.3 is 14.7 Å². The minimum atomic E-state index is -0.410. The lowest BCUT2D eigenvalue weighted by molar-refractivity contribution is -0.115. The summed E-state index contributed by atoms with van der Waals surface area (Å²) in [5.74, 6) is 0. The number of piperazine rings is 1. The predicted octanol–water partition coefficient (Wildman–Crippen LogP) is 0.719. The van der Waals surface area contributed by atoms with Crippen molar-refractivity contribution in [3.05, 3.63) is 35.9 Å². The molecule has 1 radical (unpaired) electrons. The first kappa shape index (κ1) is 15.2. The van der Waals surface area contributed by atoms with Crippen LogP contribution in [-0.2, 0) is 11.3 Å². The second-order valence-electron chi connectivity index (χ2n) is 5.56. The van der Waals surface area contributed by atoms with E-state index in [0.29, 0.717) is 12.1 Å². The van der Waals surface area contributed by atoms with Gasteiger partial charge in [0.05, 0.1) is 6.61 Å². The third-order valence-electron chi connectivity index (χ3n) is 3.82. The molecule has 0 spiro atoms. The molecule has 1 heterocycles. The van der Waals surface area contributed by atoms with Crippen molar-refractivity contribution in [2.45, 2.75) is 32.5 Å². The van der Waals surface area contributed by atoms with E-state index in [1.165, 1.54) is 5.56 Å². The van der Waals surface area contributed by atoms with E-state index in [4.69, 9.17) is 5.11 Å². The topological polar surface area (TPSA) is 43.8 Å². The fourth-order valence-corrected chi connectivity index (χ4v) is 2.85. The van der Waals surface area contributed by atoms with Gasteiger partial charge >= 0.3 is 7.41 Å². The zero-order valence-electron chi connectivity index (χ0n) is 12.2. The van der Waals surface area contributed by atoms with Gasteiger partial charge in [-0.1, -0.05) is 30.3 Å². The Hall–Kier alpha value is -1.17. The number of aliphatic hydroxyl groups is 1. The first-order chi connectivity index (χ1) is 9.60. The molecule has 0 saturated carbocycles. The highest BCUT2D eigenvalue weighted by atomic mass is 16.3. The van der Waals surface area contributed by atoms with Gasteiger partial charge in [0.1, 0.15) is 5.68 Å². The van der Waals surface area contributed by atoms with E-state index in [-0.39, 0.29) is 5.68 Å². The lowest BCUT2D eigenvalue weighted by Gasteiger charge is -2.44. The first-order valence-electron chi connectivity index (χ1n) is 7.12. The smallest absolute Gasteiger partial charge is 0.301 e. The van der Waals surface area contributed by atoms with Crippen LogP contribution in [0.4, 0.5) is 0 Å². The Balaban J connectivity index is 1.95. The van der Waals surface area contributed by atoms with Crippen LogP contribution in [0.2, 0.25) is 0 Å². The minimum absolute atomic E-state index is 0.221. The minimum Gasteiger partial charge on any atom is -0.389 e. The van der Waals surface area contributed by atoms with E-state index in [2.05, 4.69) is 43.0 Å². The summed E-state index contributed by atoms with van der Waals surface area (Å²) in [7, 11) is 1.55. The zero-order chi connectivity index (χ0) is 14.5. The lowest BCUT2D eigenvalue weighted by atomic mass is 9.82. The van der Waals surface area contributed by atoms with Crippen LogP contribution in [0, 0.1) is 0 Å². The molecule has 0 amide bonds. The summed E-state index contributed by atoms with van der Waals surface area (Å²) in [5, 5.41) is 8.83. The Morgan fingerprint density at radius 2 is 1.85 bits per heavy atom. The number of nitrogens with zero attached hydrogens (tertiary/aromatic N) is 2. The summed E-state index contributed by atoms with van der Waals surface area (Å²) in [6.45, 7) is 6.54. The van der Waals surface area contributed by atoms with Crippen molar-refractivity contribution in [1.82, 2.24) is 9.71 Å². The van der Waals surface area contributed by atoms with Crippen molar-refractivity contribution in [2.75, 3.05) is 19.7 Å². The number of hydrogen-bond acceptors (Lipinski definition) is 4. The fraction of sp³-hybridized carbons (Fsp3) is 0.533. The summed E-state index contributed by atoms with van der Waals surface area (Å²) in [6, 6.07) is 11.2. The van der Waals surface area contributed by atoms with Crippen molar-refractivity contribution >= 4 is 13.1 Å².